The summed E-state index contributed by atoms with van der Waals surface area (Å²) in [4.78, 5) is 78.6. The van der Waals surface area contributed by atoms with Gasteiger partial charge in [-0.3, -0.25) is 28.8 Å². The summed E-state index contributed by atoms with van der Waals surface area (Å²) >= 11 is 24.3. The molecular weight excluding hydrogens is 902 g/mol. The summed E-state index contributed by atoms with van der Waals surface area (Å²) in [5.74, 6) is -3.04. The molecule has 4 amide bonds. The number of nitrogens with one attached hydrogen (secondary N) is 4. The van der Waals surface area contributed by atoms with Crippen molar-refractivity contribution in [3.05, 3.63) is 140 Å². The topological polar surface area (TPSA) is 200 Å². The van der Waals surface area contributed by atoms with Gasteiger partial charge in [-0.15, -0.1) is 23.2 Å². The van der Waals surface area contributed by atoms with Crippen LogP contribution in [0, 0.1) is 0 Å². The number of hydrogen-bond acceptors (Lipinski definition) is 10. The Morgan fingerprint density at radius 3 is 1.19 bits per heavy atom. The number of anilines is 4. The summed E-state index contributed by atoms with van der Waals surface area (Å²) in [6.07, 6.45) is 0.774. The Bertz CT molecular complexity index is 2460. The molecule has 64 heavy (non-hydrogen) atoms. The Morgan fingerprint density at radius 1 is 0.516 bits per heavy atom. The van der Waals surface area contributed by atoms with Crippen molar-refractivity contribution in [1.29, 1.82) is 0 Å². The zero-order chi connectivity index (χ0) is 46.5. The minimum absolute atomic E-state index is 0.130. The van der Waals surface area contributed by atoms with Crippen molar-refractivity contribution < 1.29 is 28.8 Å². The molecule has 14 nitrogen and oxygen atoms in total. The average Bonchev–Trinajstić information content (AvgIpc) is 3.26. The number of carbonyl (C=O) groups is 6. The van der Waals surface area contributed by atoms with Crippen LogP contribution in [0.2, 0.25) is 10.0 Å². The SMILES string of the molecule is CCc1cc(NC(=O)C(N=Nc2cc(Cl)cc(C(=O)Nc3ccc(CCl)cc3)c2)C(C)=O)c(CC)cc1NC(=O)C(N=Nc1cc(Cl)cc(C(=O)Nc2ccc(CCl)cc2)c1)C(C)=O. The van der Waals surface area contributed by atoms with E-state index in [-0.39, 0.29) is 32.5 Å². The van der Waals surface area contributed by atoms with Gasteiger partial charge in [0.2, 0.25) is 12.1 Å². The highest BCUT2D eigenvalue weighted by molar-refractivity contribution is 6.31. The van der Waals surface area contributed by atoms with Crippen LogP contribution in [-0.4, -0.2) is 47.3 Å². The van der Waals surface area contributed by atoms with Crippen LogP contribution < -0.4 is 21.3 Å². The number of alkyl halides is 2. The van der Waals surface area contributed by atoms with Gasteiger partial charge >= 0.3 is 0 Å². The molecular formula is C46H42Cl4N8O6. The Morgan fingerprint density at radius 2 is 0.875 bits per heavy atom. The number of rotatable bonds is 18. The number of carbonyl (C=O) groups excluding carboxylic acids is 6. The van der Waals surface area contributed by atoms with Gasteiger partial charge in [-0.1, -0.05) is 61.3 Å². The number of nitrogens with zero attached hydrogens (tertiary/aromatic N) is 4. The maximum Gasteiger partial charge on any atom is 0.258 e. The smallest absolute Gasteiger partial charge is 0.258 e. The largest absolute Gasteiger partial charge is 0.323 e. The fourth-order valence-corrected chi connectivity index (χ4v) is 6.90. The van der Waals surface area contributed by atoms with E-state index >= 15 is 0 Å². The summed E-state index contributed by atoms with van der Waals surface area (Å²) in [6, 6.07) is 22.7. The van der Waals surface area contributed by atoms with Crippen molar-refractivity contribution in [2.45, 2.75) is 64.4 Å². The highest BCUT2D eigenvalue weighted by Crippen LogP contribution is 2.29. The third kappa shape index (κ3) is 13.3. The molecule has 0 spiro atoms. The molecule has 5 aromatic carbocycles. The number of benzene rings is 5. The summed E-state index contributed by atoms with van der Waals surface area (Å²) in [6.45, 7) is 6.05. The molecule has 0 radical (unpaired) electrons. The molecule has 0 fully saturated rings. The Hall–Kier alpha value is -6.32. The second kappa shape index (κ2) is 22.9. The number of hydrogen-bond donors (Lipinski definition) is 4. The Labute approximate surface area is 389 Å². The molecule has 2 atom stereocenters. The molecule has 2 unspecified atom stereocenters. The number of amides is 4. The summed E-state index contributed by atoms with van der Waals surface area (Å²) in [5.41, 5.74) is 5.32. The van der Waals surface area contributed by atoms with Gasteiger partial charge in [0.1, 0.15) is 0 Å². The standard InChI is InChI=1S/C46H42Cl4N8O6/c1-5-29-19-40(54-46(64)42(26(4)60)58-56-38-18-32(16-34(50)22-38)44(62)52-36-13-9-28(24-48)10-14-36)30(6-2)20-39(29)53-45(63)41(25(3)59)57-55-37-17-31(15-33(49)21-37)43(61)51-35-11-7-27(23-47)8-12-35/h7-22,41-42H,5-6,23-24H2,1-4H3,(H,51,61)(H,52,62)(H,53,63)(H,54,64). The monoisotopic (exact) mass is 942 g/mol. The second-order valence-corrected chi connectivity index (χ2v) is 15.7. The van der Waals surface area contributed by atoms with E-state index < -0.39 is 47.3 Å². The minimum atomic E-state index is -1.56. The number of azo groups is 2. The number of Topliss-reactive ketones (excluding diaryl/α,β-unsaturated/α-hetero) is 2. The van der Waals surface area contributed by atoms with Crippen LogP contribution in [0.4, 0.5) is 34.1 Å². The molecule has 0 aromatic heterocycles. The van der Waals surface area contributed by atoms with Crippen molar-refractivity contribution >= 4 is 116 Å². The first-order valence-electron chi connectivity index (χ1n) is 19.7. The lowest BCUT2D eigenvalue weighted by Crippen LogP contribution is -2.33. The van der Waals surface area contributed by atoms with Crippen LogP contribution in [0.1, 0.15) is 70.7 Å². The van der Waals surface area contributed by atoms with Crippen LogP contribution >= 0.6 is 46.4 Å². The fourth-order valence-electron chi connectivity index (χ4n) is 6.08. The zero-order valence-electron chi connectivity index (χ0n) is 35.0. The molecule has 0 heterocycles. The van der Waals surface area contributed by atoms with Gasteiger partial charge in [0.05, 0.1) is 11.4 Å². The highest BCUT2D eigenvalue weighted by atomic mass is 35.5. The molecule has 5 aromatic rings. The molecule has 330 valence electrons. The van der Waals surface area contributed by atoms with E-state index in [4.69, 9.17) is 46.4 Å². The number of halogens is 4. The van der Waals surface area contributed by atoms with Crippen molar-refractivity contribution in [2.75, 3.05) is 21.3 Å². The zero-order valence-corrected chi connectivity index (χ0v) is 38.0. The normalized spacial score (nSPS) is 12.1. The molecule has 0 bridgehead atoms. The van der Waals surface area contributed by atoms with Gasteiger partial charge < -0.3 is 21.3 Å². The molecule has 4 N–H and O–H groups in total. The van der Waals surface area contributed by atoms with Crippen molar-refractivity contribution in [2.24, 2.45) is 20.5 Å². The van der Waals surface area contributed by atoms with E-state index in [2.05, 4.69) is 41.7 Å². The first-order chi connectivity index (χ1) is 30.6. The van der Waals surface area contributed by atoms with E-state index in [1.165, 1.54) is 50.2 Å². The molecule has 18 heteroatoms. The predicted molar refractivity (Wildman–Crippen MR) is 251 cm³/mol. The van der Waals surface area contributed by atoms with Crippen molar-refractivity contribution in [3.63, 3.8) is 0 Å². The highest BCUT2D eigenvalue weighted by Gasteiger charge is 2.27. The van der Waals surface area contributed by atoms with E-state index in [1.54, 1.807) is 60.7 Å². The Kier molecular flexibility index (Phi) is 17.4. The second-order valence-electron chi connectivity index (χ2n) is 14.3. The quantitative estimate of drug-likeness (QED) is 0.0382. The maximum absolute atomic E-state index is 13.6. The number of ketones is 2. The lowest BCUT2D eigenvalue weighted by molar-refractivity contribution is -0.127. The van der Waals surface area contributed by atoms with Crippen LogP contribution in [0.3, 0.4) is 0 Å². The lowest BCUT2D eigenvalue weighted by atomic mass is 10.0. The van der Waals surface area contributed by atoms with Gasteiger partial charge in [-0.2, -0.15) is 20.5 Å². The predicted octanol–water partition coefficient (Wildman–Crippen LogP) is 11.5. The molecule has 0 aliphatic carbocycles. The Balaban J connectivity index is 1.29. The van der Waals surface area contributed by atoms with E-state index in [9.17, 15) is 28.8 Å². The average molecular weight is 945 g/mol. The van der Waals surface area contributed by atoms with Crippen LogP contribution in [0.15, 0.2) is 118 Å². The molecule has 0 saturated heterocycles. The van der Waals surface area contributed by atoms with Gasteiger partial charge in [-0.05, 0) is 122 Å². The van der Waals surface area contributed by atoms with Gasteiger partial charge in [-0.25, -0.2) is 0 Å². The van der Waals surface area contributed by atoms with Gasteiger partial charge in [0.25, 0.3) is 23.6 Å². The maximum atomic E-state index is 13.6. The third-order valence-electron chi connectivity index (χ3n) is 9.47. The van der Waals surface area contributed by atoms with Crippen molar-refractivity contribution in [1.82, 2.24) is 0 Å². The first-order valence-corrected chi connectivity index (χ1v) is 21.6. The van der Waals surface area contributed by atoms with Crippen LogP contribution in [0.25, 0.3) is 0 Å². The van der Waals surface area contributed by atoms with E-state index in [0.717, 1.165) is 11.1 Å². The fraction of sp³-hybridized carbons (Fsp3) is 0.217. The van der Waals surface area contributed by atoms with Gasteiger partial charge in [0.15, 0.2) is 11.6 Å². The molecule has 0 saturated carbocycles. The van der Waals surface area contributed by atoms with E-state index in [0.29, 0.717) is 58.5 Å². The molecule has 0 aliphatic rings. The minimum Gasteiger partial charge on any atom is -0.323 e. The summed E-state index contributed by atoms with van der Waals surface area (Å²) in [7, 11) is 0. The molecule has 0 aliphatic heterocycles. The first kappa shape index (κ1) is 48.7. The van der Waals surface area contributed by atoms with Crippen LogP contribution in [-0.2, 0) is 43.8 Å². The summed E-state index contributed by atoms with van der Waals surface area (Å²) in [5, 5.41) is 27.7. The number of aryl methyl sites for hydroxylation is 2. The van der Waals surface area contributed by atoms with Crippen molar-refractivity contribution in [3.8, 4) is 0 Å². The van der Waals surface area contributed by atoms with Gasteiger partial charge in [0, 0.05) is 55.7 Å². The lowest BCUT2D eigenvalue weighted by Gasteiger charge is -2.18. The summed E-state index contributed by atoms with van der Waals surface area (Å²) < 4.78 is 0. The molecule has 5 rings (SSSR count). The van der Waals surface area contributed by atoms with Crippen LogP contribution in [0.5, 0.6) is 0 Å². The third-order valence-corrected chi connectivity index (χ3v) is 10.5. The van der Waals surface area contributed by atoms with E-state index in [1.807, 2.05) is 13.8 Å².